The number of hydrogen-bond donors (Lipinski definition) is 2. The smallest absolute Gasteiger partial charge is 0.424 e. The molecule has 0 bridgehead atoms. The molecule has 0 aliphatic carbocycles. The van der Waals surface area contributed by atoms with Crippen molar-refractivity contribution in [1.29, 1.82) is 0 Å². The van der Waals surface area contributed by atoms with Gasteiger partial charge >= 0.3 is 7.12 Å². The molecule has 0 aromatic carbocycles. The van der Waals surface area contributed by atoms with E-state index < -0.39 is 7.12 Å². The number of rotatable bonds is 2. The van der Waals surface area contributed by atoms with Gasteiger partial charge in [0.1, 0.15) is 0 Å². The molecule has 0 unspecified atom stereocenters. The lowest BCUT2D eigenvalue weighted by molar-refractivity contribution is 0.424. The number of hydrogen-bond acceptors (Lipinski definition) is 2. The Morgan fingerprint density at radius 1 is 1.75 bits per heavy atom. The first kappa shape index (κ1) is 8.01. The molecule has 2 nitrogen and oxygen atoms in total. The lowest BCUT2D eigenvalue weighted by atomic mass is 9.91. The molecule has 46 valence electrons. The monoisotopic (exact) mass is 134 g/mol. The Morgan fingerprint density at radius 2 is 2.25 bits per heavy atom. The van der Waals surface area contributed by atoms with E-state index in [-0.39, 0.29) is 0 Å². The molecule has 0 saturated carbocycles. The van der Waals surface area contributed by atoms with E-state index in [0.717, 1.165) is 0 Å². The molecule has 0 aromatic heterocycles. The molecule has 0 radical (unpaired) electrons. The van der Waals surface area contributed by atoms with Crippen LogP contribution < -0.4 is 0 Å². The highest BCUT2D eigenvalue weighted by Crippen LogP contribution is 2.04. The summed E-state index contributed by atoms with van der Waals surface area (Å²) in [5.41, 5.74) is 0. The van der Waals surface area contributed by atoms with Crippen LogP contribution in [0.25, 0.3) is 0 Å². The Labute approximate surface area is 53.9 Å². The van der Waals surface area contributed by atoms with Gasteiger partial charge in [-0.3, -0.25) is 0 Å². The van der Waals surface area contributed by atoms with Crippen molar-refractivity contribution in [2.24, 2.45) is 0 Å². The van der Waals surface area contributed by atoms with Crippen molar-refractivity contribution in [2.45, 2.75) is 13.3 Å². The second kappa shape index (κ2) is 3.95. The topological polar surface area (TPSA) is 40.5 Å². The predicted molar refractivity (Wildman–Crippen MR) is 34.4 cm³/mol. The molecule has 0 aliphatic rings. The van der Waals surface area contributed by atoms with Crippen LogP contribution in [0.2, 0.25) is 0 Å². The predicted octanol–water partition coefficient (Wildman–Crippen LogP) is 0.531. The van der Waals surface area contributed by atoms with E-state index in [9.17, 15) is 0 Å². The van der Waals surface area contributed by atoms with Crippen LogP contribution in [-0.4, -0.2) is 17.2 Å². The van der Waals surface area contributed by atoms with Gasteiger partial charge in [0.05, 0.1) is 0 Å². The van der Waals surface area contributed by atoms with Crippen LogP contribution in [0, 0.1) is 0 Å². The van der Waals surface area contributed by atoms with Gasteiger partial charge in [0.15, 0.2) is 0 Å². The fraction of sp³-hybridized carbons (Fsp3) is 0.500. The summed E-state index contributed by atoms with van der Waals surface area (Å²) in [5.74, 6) is 1.18. The van der Waals surface area contributed by atoms with E-state index in [1.54, 1.807) is 0 Å². The average molecular weight is 134 g/mol. The fourth-order valence-electron chi connectivity index (χ4n) is 0.280. The zero-order valence-electron chi connectivity index (χ0n) is 4.63. The quantitative estimate of drug-likeness (QED) is 0.541. The van der Waals surface area contributed by atoms with Crippen molar-refractivity contribution in [1.82, 2.24) is 0 Å². The second-order valence-corrected chi connectivity index (χ2v) is 1.87. The van der Waals surface area contributed by atoms with Crippen molar-refractivity contribution < 1.29 is 10.0 Å². The number of halogens is 1. The second-order valence-electron chi connectivity index (χ2n) is 1.38. The summed E-state index contributed by atoms with van der Waals surface area (Å²) < 4.78 is 0. The van der Waals surface area contributed by atoms with Gasteiger partial charge in [-0.25, -0.2) is 0 Å². The molecule has 2 N–H and O–H groups in total. The molecule has 0 rings (SSSR count). The zero-order valence-corrected chi connectivity index (χ0v) is 5.39. The van der Waals surface area contributed by atoms with Gasteiger partial charge in [0.2, 0.25) is 0 Å². The third kappa shape index (κ3) is 4.18. The summed E-state index contributed by atoms with van der Waals surface area (Å²) in [5, 5.41) is 17.0. The molecule has 8 heavy (non-hydrogen) atoms. The average Bonchev–Trinajstić information content (AvgIpc) is 1.65. The van der Waals surface area contributed by atoms with Crippen LogP contribution in [0.4, 0.5) is 0 Å². The molecule has 0 heterocycles. The largest absolute Gasteiger partial charge is 0.481 e. The van der Waals surface area contributed by atoms with Crippen molar-refractivity contribution in [3.8, 4) is 0 Å². The summed E-state index contributed by atoms with van der Waals surface area (Å²) >= 11 is 5.40. The molecule has 0 aromatic rings. The Bertz CT molecular complexity index is 92.0. The minimum atomic E-state index is -1.41. The lowest BCUT2D eigenvalue weighted by Crippen LogP contribution is -2.06. The normalized spacial score (nSPS) is 11.8. The highest BCUT2D eigenvalue weighted by atomic mass is 35.5. The van der Waals surface area contributed by atoms with Crippen LogP contribution in [0.3, 0.4) is 0 Å². The van der Waals surface area contributed by atoms with Gasteiger partial charge < -0.3 is 10.0 Å². The molecule has 0 atom stereocenters. The molecule has 0 fully saturated rings. The first-order valence-corrected chi connectivity index (χ1v) is 2.77. The number of allylic oxidation sites excluding steroid dienone is 1. The van der Waals surface area contributed by atoms with Gasteiger partial charge in [-0.15, -0.1) is 0 Å². The van der Waals surface area contributed by atoms with E-state index in [1.165, 1.54) is 5.98 Å². The fourth-order valence-corrected chi connectivity index (χ4v) is 0.392. The summed E-state index contributed by atoms with van der Waals surface area (Å²) in [7, 11) is -1.41. The minimum absolute atomic E-state index is 0.472. The van der Waals surface area contributed by atoms with Crippen LogP contribution >= 0.6 is 11.6 Å². The van der Waals surface area contributed by atoms with E-state index in [2.05, 4.69) is 0 Å². The van der Waals surface area contributed by atoms with E-state index in [0.29, 0.717) is 11.5 Å². The zero-order chi connectivity index (χ0) is 6.57. The highest BCUT2D eigenvalue weighted by molar-refractivity contribution is 6.50. The van der Waals surface area contributed by atoms with E-state index >= 15 is 0 Å². The Balaban J connectivity index is 3.56. The van der Waals surface area contributed by atoms with Gasteiger partial charge in [-0.2, -0.15) is 0 Å². The van der Waals surface area contributed by atoms with Crippen molar-refractivity contribution in [3.05, 3.63) is 11.0 Å². The van der Waals surface area contributed by atoms with Gasteiger partial charge in [-0.1, -0.05) is 18.5 Å². The highest BCUT2D eigenvalue weighted by Gasteiger charge is 2.00. The first-order chi connectivity index (χ1) is 3.66. The van der Waals surface area contributed by atoms with Crippen LogP contribution in [0.1, 0.15) is 13.3 Å². The summed E-state index contributed by atoms with van der Waals surface area (Å²) in [4.78, 5) is 0. The van der Waals surface area contributed by atoms with Crippen LogP contribution in [0.15, 0.2) is 11.0 Å². The molecule has 0 saturated heterocycles. The van der Waals surface area contributed by atoms with Crippen LogP contribution in [-0.2, 0) is 0 Å². The third-order valence-corrected chi connectivity index (χ3v) is 1.06. The van der Waals surface area contributed by atoms with Gasteiger partial charge in [0.25, 0.3) is 0 Å². The van der Waals surface area contributed by atoms with E-state index in [4.69, 9.17) is 21.6 Å². The maximum atomic E-state index is 8.25. The maximum Gasteiger partial charge on any atom is 0.481 e. The van der Waals surface area contributed by atoms with E-state index in [1.807, 2.05) is 6.92 Å². The van der Waals surface area contributed by atoms with Crippen molar-refractivity contribution >= 4 is 18.7 Å². The summed E-state index contributed by atoms with van der Waals surface area (Å²) in [6.07, 6.45) is 0.638. The van der Waals surface area contributed by atoms with Crippen LogP contribution in [0.5, 0.6) is 0 Å². The van der Waals surface area contributed by atoms with Crippen molar-refractivity contribution in [3.63, 3.8) is 0 Å². The Kier molecular flexibility index (Phi) is 3.96. The SMILES string of the molecule is CC/C(Cl)=C/B(O)O. The standard InChI is InChI=1S/C4H8BClO2/c1-2-4(6)3-5(7)8/h3,7-8H,2H2,1H3/b4-3-. The minimum Gasteiger partial charge on any atom is -0.424 e. The Hall–Kier alpha value is 0.0149. The maximum absolute atomic E-state index is 8.25. The molecule has 0 amide bonds. The molecular weight excluding hydrogens is 126 g/mol. The summed E-state index contributed by atoms with van der Waals surface area (Å²) in [6, 6.07) is 0. The summed E-state index contributed by atoms with van der Waals surface area (Å²) in [6.45, 7) is 1.83. The Morgan fingerprint density at radius 3 is 2.38 bits per heavy atom. The van der Waals surface area contributed by atoms with Crippen molar-refractivity contribution in [2.75, 3.05) is 0 Å². The molecule has 4 heteroatoms. The van der Waals surface area contributed by atoms with Gasteiger partial charge in [-0.05, 0) is 12.4 Å². The van der Waals surface area contributed by atoms with Gasteiger partial charge in [0, 0.05) is 5.03 Å². The third-order valence-electron chi connectivity index (χ3n) is 0.668. The molecule has 0 aliphatic heterocycles. The first-order valence-electron chi connectivity index (χ1n) is 2.39. The lowest BCUT2D eigenvalue weighted by Gasteiger charge is -1.89. The molecular formula is C4H8BClO2. The molecule has 0 spiro atoms.